The second-order valence-electron chi connectivity index (χ2n) is 14.3. The fourth-order valence-electron chi connectivity index (χ4n) is 7.52. The van der Waals surface area contributed by atoms with E-state index >= 15 is 0 Å². The SMILES string of the molecule is CC(C)c1cccc([N@+]23[CH-][N+]2(c2[c-]c(Oc4[c-]c5c(cc4)c4ccccc4n5-c4cc(C(C)(C)C)ccn4)ccc2)c2ccccc23)c1.[Pt]. The number of aromatic nitrogens is 2. The van der Waals surface area contributed by atoms with Gasteiger partial charge in [-0.25, -0.2) is 9.58 Å². The van der Waals surface area contributed by atoms with Gasteiger partial charge in [0.1, 0.15) is 5.82 Å². The minimum Gasteiger partial charge on any atom is -0.509 e. The predicted molar refractivity (Wildman–Crippen MR) is 196 cm³/mol. The monoisotopic (exact) mass is 820 g/mol. The standard InChI is InChI=1S/C43H37N4O.Pt/c1-29(2)30-12-10-13-32(24-30)46-28-47(46,41-19-9-8-18-40(41)46)33-14-11-15-34(26-33)48-35-20-21-37-36-16-6-7-17-38(36)45(39(37)27-35)42-25-31(22-23-44-42)43(3,4)5;/h6-25,28-29H,1-5H3;/q-1;/t46-,47?;/m0./s1. The van der Waals surface area contributed by atoms with Gasteiger partial charge >= 0.3 is 0 Å². The number of para-hydroxylation sites is 3. The van der Waals surface area contributed by atoms with E-state index in [1.54, 1.807) is 0 Å². The van der Waals surface area contributed by atoms with Crippen molar-refractivity contribution in [3.8, 4) is 17.3 Å². The summed E-state index contributed by atoms with van der Waals surface area (Å²) in [5, 5.41) is 2.27. The van der Waals surface area contributed by atoms with Crippen molar-refractivity contribution in [2.75, 3.05) is 0 Å². The fraction of sp³-hybridized carbons (Fsp3) is 0.163. The molecule has 0 bridgehead atoms. The zero-order chi connectivity index (χ0) is 32.8. The van der Waals surface area contributed by atoms with Crippen LogP contribution in [-0.4, -0.2) is 9.55 Å². The number of fused-ring (bicyclic) bond motifs is 7. The Labute approximate surface area is 302 Å². The zero-order valence-electron chi connectivity index (χ0n) is 28.2. The van der Waals surface area contributed by atoms with Gasteiger partial charge in [-0.15, -0.1) is 29.7 Å². The summed E-state index contributed by atoms with van der Waals surface area (Å²) in [5.74, 6) is 2.62. The van der Waals surface area contributed by atoms with E-state index in [0.29, 0.717) is 26.6 Å². The van der Waals surface area contributed by atoms with Gasteiger partial charge in [0.2, 0.25) is 11.4 Å². The molecule has 0 radical (unpaired) electrons. The molecule has 49 heavy (non-hydrogen) atoms. The number of ether oxygens (including phenoxy) is 1. The molecule has 0 aliphatic carbocycles. The maximum atomic E-state index is 6.58. The minimum absolute atomic E-state index is 0. The summed E-state index contributed by atoms with van der Waals surface area (Å²) in [5.41, 5.74) is 9.46. The molecule has 2 aromatic heterocycles. The zero-order valence-corrected chi connectivity index (χ0v) is 30.5. The van der Waals surface area contributed by atoms with Gasteiger partial charge in [0.15, 0.2) is 12.4 Å². The molecule has 1 saturated heterocycles. The molecule has 2 atom stereocenters. The summed E-state index contributed by atoms with van der Waals surface area (Å²) >= 11 is 0. The van der Waals surface area contributed by atoms with Crippen LogP contribution in [0.2, 0.25) is 0 Å². The van der Waals surface area contributed by atoms with E-state index in [-0.39, 0.29) is 26.5 Å². The Balaban J connectivity index is 0.00000348. The molecular formula is C43H37N4OPt-. The number of benzene rings is 5. The van der Waals surface area contributed by atoms with Gasteiger partial charge in [0.05, 0.1) is 5.69 Å². The van der Waals surface area contributed by atoms with Crippen LogP contribution >= 0.6 is 0 Å². The summed E-state index contributed by atoms with van der Waals surface area (Å²) in [6, 6.07) is 48.1. The molecule has 9 rings (SSSR count). The van der Waals surface area contributed by atoms with Crippen molar-refractivity contribution in [2.24, 2.45) is 0 Å². The van der Waals surface area contributed by atoms with E-state index in [1.165, 1.54) is 28.2 Å². The van der Waals surface area contributed by atoms with Crippen LogP contribution < -0.4 is 13.9 Å². The van der Waals surface area contributed by atoms with Crippen LogP contribution in [0.25, 0.3) is 27.6 Å². The molecule has 5 aromatic carbocycles. The average molecular weight is 821 g/mol. The molecule has 2 aliphatic rings. The van der Waals surface area contributed by atoms with Gasteiger partial charge in [-0.2, -0.15) is 16.7 Å². The molecule has 1 fully saturated rings. The fourth-order valence-corrected chi connectivity index (χ4v) is 7.52. The van der Waals surface area contributed by atoms with Crippen LogP contribution in [0.1, 0.15) is 51.7 Å². The molecule has 0 spiro atoms. The Morgan fingerprint density at radius 2 is 1.47 bits per heavy atom. The van der Waals surface area contributed by atoms with Crippen molar-refractivity contribution in [2.45, 2.75) is 46.0 Å². The van der Waals surface area contributed by atoms with E-state index in [4.69, 9.17) is 9.72 Å². The summed E-state index contributed by atoms with van der Waals surface area (Å²) in [7, 11) is 0. The van der Waals surface area contributed by atoms with Crippen LogP contribution in [-0.2, 0) is 26.5 Å². The molecule has 5 nitrogen and oxygen atoms in total. The summed E-state index contributed by atoms with van der Waals surface area (Å²) in [4.78, 5) is 4.82. The maximum Gasteiger partial charge on any atom is 0.225 e. The van der Waals surface area contributed by atoms with Crippen molar-refractivity contribution in [3.05, 3.63) is 151 Å². The van der Waals surface area contributed by atoms with Crippen LogP contribution in [0.4, 0.5) is 22.7 Å². The van der Waals surface area contributed by atoms with Crippen LogP contribution in [0.5, 0.6) is 11.5 Å². The molecular weight excluding hydrogens is 784 g/mol. The Kier molecular flexibility index (Phi) is 7.28. The van der Waals surface area contributed by atoms with Crippen molar-refractivity contribution >= 4 is 44.6 Å². The molecule has 6 heteroatoms. The van der Waals surface area contributed by atoms with Gasteiger partial charge in [0, 0.05) is 68.5 Å². The van der Waals surface area contributed by atoms with Crippen LogP contribution in [0, 0.1) is 18.8 Å². The largest absolute Gasteiger partial charge is 0.509 e. The summed E-state index contributed by atoms with van der Waals surface area (Å²) in [6.07, 6.45) is 1.90. The van der Waals surface area contributed by atoms with Gasteiger partial charge in [-0.1, -0.05) is 88.7 Å². The Bertz CT molecular complexity index is 2410. The molecule has 7 aromatic rings. The minimum atomic E-state index is 0. The predicted octanol–water partition coefficient (Wildman–Crippen LogP) is 11.3. The first kappa shape index (κ1) is 31.7. The number of rotatable bonds is 6. The first-order chi connectivity index (χ1) is 23.2. The van der Waals surface area contributed by atoms with Gasteiger partial charge in [-0.05, 0) is 46.0 Å². The first-order valence-electron chi connectivity index (χ1n) is 16.7. The summed E-state index contributed by atoms with van der Waals surface area (Å²) < 4.78 is 10.0. The van der Waals surface area contributed by atoms with E-state index in [1.807, 2.05) is 18.3 Å². The first-order valence-corrected chi connectivity index (χ1v) is 16.7. The van der Waals surface area contributed by atoms with Crippen molar-refractivity contribution in [1.29, 1.82) is 0 Å². The molecule has 0 saturated carbocycles. The summed E-state index contributed by atoms with van der Waals surface area (Å²) in [6.45, 7) is 13.6. The van der Waals surface area contributed by atoms with E-state index < -0.39 is 0 Å². The Hall–Kier alpha value is -4.54. The average Bonchev–Trinajstić information content (AvgIpc) is 3.59. The number of quaternary nitrogens is 2. The van der Waals surface area contributed by atoms with Gasteiger partial charge in [0.25, 0.3) is 0 Å². The second-order valence-corrected chi connectivity index (χ2v) is 14.3. The number of hydrogen-bond donors (Lipinski definition) is 0. The Morgan fingerprint density at radius 3 is 2.27 bits per heavy atom. The molecule has 4 heterocycles. The quantitative estimate of drug-likeness (QED) is 0.0949. The molecule has 0 N–H and O–H groups in total. The Morgan fingerprint density at radius 1 is 0.735 bits per heavy atom. The number of nitrogens with zero attached hydrogens (tertiary/aromatic N) is 4. The van der Waals surface area contributed by atoms with Gasteiger partial charge < -0.3 is 9.30 Å². The third-order valence-electron chi connectivity index (χ3n) is 10.1. The van der Waals surface area contributed by atoms with Crippen molar-refractivity contribution in [1.82, 2.24) is 18.7 Å². The third-order valence-corrected chi connectivity index (χ3v) is 10.1. The molecule has 1 unspecified atom stereocenters. The van der Waals surface area contributed by atoms with Crippen molar-refractivity contribution in [3.63, 3.8) is 0 Å². The molecule has 2 aliphatic heterocycles. The van der Waals surface area contributed by atoms with Crippen molar-refractivity contribution < 1.29 is 25.8 Å². The molecule has 246 valence electrons. The topological polar surface area (TPSA) is 27.1 Å². The van der Waals surface area contributed by atoms with Crippen LogP contribution in [0.3, 0.4) is 0 Å². The number of pyridine rings is 1. The number of hydrogen-bond acceptors (Lipinski definition) is 2. The van der Waals surface area contributed by atoms with E-state index in [2.05, 4.69) is 161 Å². The molecule has 0 amide bonds. The third kappa shape index (κ3) is 4.60. The van der Waals surface area contributed by atoms with Crippen LogP contribution in [0.15, 0.2) is 121 Å². The smallest absolute Gasteiger partial charge is 0.225 e. The normalized spacial score (nSPS) is 19.2. The van der Waals surface area contributed by atoms with Gasteiger partial charge in [-0.3, -0.25) is 0 Å². The van der Waals surface area contributed by atoms with E-state index in [0.717, 1.165) is 33.3 Å². The second kappa shape index (κ2) is 11.2. The maximum absolute atomic E-state index is 6.58. The van der Waals surface area contributed by atoms with E-state index in [9.17, 15) is 0 Å².